The van der Waals surface area contributed by atoms with Crippen LogP contribution in [-0.4, -0.2) is 28.2 Å². The molecule has 37 heavy (non-hydrogen) atoms. The van der Waals surface area contributed by atoms with Gasteiger partial charge < -0.3 is 10.6 Å². The summed E-state index contributed by atoms with van der Waals surface area (Å²) in [5, 5.41) is 10.6. The molecule has 5 rings (SSSR count). The molecule has 0 amide bonds. The molecule has 0 fully saturated rings. The summed E-state index contributed by atoms with van der Waals surface area (Å²) in [7, 11) is -3.75. The minimum absolute atomic E-state index is 0.160. The molecule has 0 aliphatic carbocycles. The quantitative estimate of drug-likeness (QED) is 0.250. The number of hydrogen-bond donors (Lipinski definition) is 3. The molecule has 0 bridgehead atoms. The summed E-state index contributed by atoms with van der Waals surface area (Å²) in [6.45, 7) is 3.93. The lowest BCUT2D eigenvalue weighted by Gasteiger charge is -2.12. The van der Waals surface area contributed by atoms with E-state index in [0.29, 0.717) is 17.5 Å². The van der Waals surface area contributed by atoms with Crippen LogP contribution in [0, 0.1) is 13.8 Å². The number of sulfonamides is 1. The van der Waals surface area contributed by atoms with E-state index in [-0.39, 0.29) is 4.90 Å². The van der Waals surface area contributed by atoms with Gasteiger partial charge in [-0.3, -0.25) is 4.72 Å². The van der Waals surface area contributed by atoms with Crippen molar-refractivity contribution in [2.45, 2.75) is 18.7 Å². The third-order valence-electron chi connectivity index (χ3n) is 5.49. The Labute approximate surface area is 215 Å². The number of nitrogens with one attached hydrogen (secondary N) is 3. The van der Waals surface area contributed by atoms with E-state index in [0.717, 1.165) is 22.8 Å². The van der Waals surface area contributed by atoms with Crippen molar-refractivity contribution in [3.05, 3.63) is 109 Å². The molecule has 0 saturated carbocycles. The fraction of sp³-hybridized carbons (Fsp3) is 0.0741. The Morgan fingerprint density at radius 2 is 1.41 bits per heavy atom. The molecule has 0 saturated heterocycles. The Hall–Kier alpha value is -4.70. The normalized spacial score (nSPS) is 11.2. The number of anilines is 5. The van der Waals surface area contributed by atoms with Crippen LogP contribution < -0.4 is 15.4 Å². The zero-order valence-corrected chi connectivity index (χ0v) is 21.1. The second-order valence-electron chi connectivity index (χ2n) is 8.46. The first-order chi connectivity index (χ1) is 17.8. The highest BCUT2D eigenvalue weighted by Crippen LogP contribution is 2.23. The average molecular weight is 512 g/mol. The van der Waals surface area contributed by atoms with Gasteiger partial charge in [-0.1, -0.05) is 17.7 Å². The molecular weight excluding hydrogens is 486 g/mol. The first kappa shape index (κ1) is 24.0. The first-order valence-corrected chi connectivity index (χ1v) is 13.0. The number of nitrogens with zero attached hydrogens (tertiary/aromatic N) is 4. The van der Waals surface area contributed by atoms with E-state index < -0.39 is 10.0 Å². The van der Waals surface area contributed by atoms with Crippen molar-refractivity contribution in [1.29, 1.82) is 0 Å². The molecule has 10 heteroatoms. The highest BCUT2D eigenvalue weighted by molar-refractivity contribution is 7.92. The summed E-state index contributed by atoms with van der Waals surface area (Å²) in [5.41, 5.74) is 4.85. The molecule has 5 aromatic rings. The third-order valence-corrected chi connectivity index (χ3v) is 6.88. The minimum atomic E-state index is -3.75. The number of benzene rings is 3. The fourth-order valence-corrected chi connectivity index (χ4v) is 4.70. The highest BCUT2D eigenvalue weighted by Gasteiger charge is 2.14. The summed E-state index contributed by atoms with van der Waals surface area (Å²) in [5.74, 6) is 1.10. The van der Waals surface area contributed by atoms with Gasteiger partial charge in [0.1, 0.15) is 5.82 Å². The zero-order chi connectivity index (χ0) is 25.8. The summed E-state index contributed by atoms with van der Waals surface area (Å²) in [4.78, 5) is 9.15. The third kappa shape index (κ3) is 5.93. The lowest BCUT2D eigenvalue weighted by atomic mass is 10.2. The maximum absolute atomic E-state index is 12.8. The van der Waals surface area contributed by atoms with Crippen molar-refractivity contribution < 1.29 is 8.42 Å². The lowest BCUT2D eigenvalue weighted by Crippen LogP contribution is -2.13. The Morgan fingerprint density at radius 1 is 0.757 bits per heavy atom. The van der Waals surface area contributed by atoms with E-state index in [1.807, 2.05) is 44.2 Å². The molecule has 3 N–H and O–H groups in total. The Morgan fingerprint density at radius 3 is 2.08 bits per heavy atom. The van der Waals surface area contributed by atoms with Crippen molar-refractivity contribution in [1.82, 2.24) is 19.7 Å². The van der Waals surface area contributed by atoms with E-state index in [1.54, 1.807) is 71.7 Å². The number of aryl methyl sites for hydroxylation is 2. The van der Waals surface area contributed by atoms with Crippen LogP contribution in [0.3, 0.4) is 0 Å². The van der Waals surface area contributed by atoms with Crippen LogP contribution in [0.4, 0.5) is 28.8 Å². The van der Waals surface area contributed by atoms with E-state index >= 15 is 0 Å². The van der Waals surface area contributed by atoms with Crippen LogP contribution in [0.1, 0.15) is 11.3 Å². The molecule has 0 aliphatic rings. The zero-order valence-electron chi connectivity index (χ0n) is 20.3. The van der Waals surface area contributed by atoms with Gasteiger partial charge in [0, 0.05) is 41.2 Å². The van der Waals surface area contributed by atoms with Gasteiger partial charge in [0.25, 0.3) is 10.0 Å². The average Bonchev–Trinajstić information content (AvgIpc) is 3.42. The van der Waals surface area contributed by atoms with Gasteiger partial charge in [-0.15, -0.1) is 0 Å². The Balaban J connectivity index is 1.26. The van der Waals surface area contributed by atoms with Gasteiger partial charge in [0.15, 0.2) is 0 Å². The Bertz CT molecular complexity index is 1600. The summed E-state index contributed by atoms with van der Waals surface area (Å²) >= 11 is 0. The fourth-order valence-electron chi connectivity index (χ4n) is 3.64. The van der Waals surface area contributed by atoms with Gasteiger partial charge in [0.05, 0.1) is 10.6 Å². The summed E-state index contributed by atoms with van der Waals surface area (Å²) in [6, 6.07) is 25.1. The molecule has 0 spiro atoms. The number of hydrogen-bond acceptors (Lipinski definition) is 7. The van der Waals surface area contributed by atoms with Gasteiger partial charge in [-0.05, 0) is 80.6 Å². The predicted octanol–water partition coefficient (Wildman–Crippen LogP) is 5.57. The minimum Gasteiger partial charge on any atom is -0.340 e. The van der Waals surface area contributed by atoms with Crippen molar-refractivity contribution >= 4 is 38.9 Å². The molecule has 186 valence electrons. The highest BCUT2D eigenvalue weighted by atomic mass is 32.2. The van der Waals surface area contributed by atoms with Crippen LogP contribution in [0.25, 0.3) is 5.69 Å². The molecule has 0 aliphatic heterocycles. The largest absolute Gasteiger partial charge is 0.340 e. The van der Waals surface area contributed by atoms with Crippen molar-refractivity contribution in [3.8, 4) is 5.69 Å². The standard InChI is InChI=1S/C27H25N7O2S/c1-19-4-6-21(7-5-19)30-26-18-20(2)29-27(32-26)31-22-8-10-23(11-9-22)33-37(35,36)25-14-12-24(13-15-25)34-17-3-16-28-34/h3-18,33H,1-2H3,(H2,29,30,31,32). The maximum Gasteiger partial charge on any atom is 0.261 e. The number of rotatable bonds is 8. The van der Waals surface area contributed by atoms with Crippen molar-refractivity contribution in [2.24, 2.45) is 0 Å². The smallest absolute Gasteiger partial charge is 0.261 e. The van der Waals surface area contributed by atoms with Crippen LogP contribution >= 0.6 is 0 Å². The topological polar surface area (TPSA) is 114 Å². The molecule has 0 unspecified atom stereocenters. The summed E-state index contributed by atoms with van der Waals surface area (Å²) in [6.07, 6.45) is 3.46. The van der Waals surface area contributed by atoms with Gasteiger partial charge in [-0.25, -0.2) is 18.1 Å². The van der Waals surface area contributed by atoms with Gasteiger partial charge >= 0.3 is 0 Å². The molecule has 0 radical (unpaired) electrons. The van der Waals surface area contributed by atoms with Crippen LogP contribution in [-0.2, 0) is 10.0 Å². The molecule has 2 aromatic heterocycles. The van der Waals surface area contributed by atoms with E-state index in [9.17, 15) is 8.42 Å². The predicted molar refractivity (Wildman–Crippen MR) is 145 cm³/mol. The SMILES string of the molecule is Cc1ccc(Nc2cc(C)nc(Nc3ccc(NS(=O)(=O)c4ccc(-n5cccn5)cc4)cc3)n2)cc1. The van der Waals surface area contributed by atoms with Crippen molar-refractivity contribution in [3.63, 3.8) is 0 Å². The molecule has 9 nitrogen and oxygen atoms in total. The van der Waals surface area contributed by atoms with Crippen LogP contribution in [0.2, 0.25) is 0 Å². The first-order valence-electron chi connectivity index (χ1n) is 11.5. The second kappa shape index (κ2) is 10.1. The second-order valence-corrected chi connectivity index (χ2v) is 10.1. The van der Waals surface area contributed by atoms with E-state index in [2.05, 4.69) is 30.4 Å². The van der Waals surface area contributed by atoms with Gasteiger partial charge in [-0.2, -0.15) is 10.1 Å². The van der Waals surface area contributed by atoms with Crippen LogP contribution in [0.5, 0.6) is 0 Å². The lowest BCUT2D eigenvalue weighted by molar-refractivity contribution is 0.601. The van der Waals surface area contributed by atoms with Gasteiger partial charge in [0.2, 0.25) is 5.95 Å². The van der Waals surface area contributed by atoms with E-state index in [4.69, 9.17) is 0 Å². The molecule has 2 heterocycles. The van der Waals surface area contributed by atoms with Crippen LogP contribution in [0.15, 0.2) is 102 Å². The monoisotopic (exact) mass is 511 g/mol. The Kier molecular flexibility index (Phi) is 6.57. The maximum atomic E-state index is 12.8. The number of aromatic nitrogens is 4. The molecular formula is C27H25N7O2S. The van der Waals surface area contributed by atoms with Crippen molar-refractivity contribution in [2.75, 3.05) is 15.4 Å². The molecule has 3 aromatic carbocycles. The van der Waals surface area contributed by atoms with E-state index in [1.165, 1.54) is 5.56 Å². The molecule has 0 atom stereocenters. The summed E-state index contributed by atoms with van der Waals surface area (Å²) < 4.78 is 30.0.